The lowest BCUT2D eigenvalue weighted by molar-refractivity contribution is -0.357. The molecule has 0 aromatic heterocycles. The van der Waals surface area contributed by atoms with Gasteiger partial charge in [-0.1, -0.05) is 13.8 Å². The van der Waals surface area contributed by atoms with Crippen molar-refractivity contribution in [3.05, 3.63) is 0 Å². The molecule has 1 unspecified atom stereocenters. The van der Waals surface area contributed by atoms with Crippen LogP contribution in [0.2, 0.25) is 0 Å². The predicted molar refractivity (Wildman–Crippen MR) is 58.4 cm³/mol. The number of hydrogen-bond donors (Lipinski definition) is 1. The van der Waals surface area contributed by atoms with Gasteiger partial charge in [0.1, 0.15) is 13.2 Å². The van der Waals surface area contributed by atoms with Gasteiger partial charge in [0, 0.05) is 0 Å². The van der Waals surface area contributed by atoms with Crippen LogP contribution in [0, 0.1) is 5.92 Å². The Kier molecular flexibility index (Phi) is 6.67. The van der Waals surface area contributed by atoms with Crippen molar-refractivity contribution in [3.63, 3.8) is 0 Å². The van der Waals surface area contributed by atoms with Gasteiger partial charge in [0.2, 0.25) is 0 Å². The van der Waals surface area contributed by atoms with Crippen molar-refractivity contribution in [1.29, 1.82) is 0 Å². The topological polar surface area (TPSA) is 72.8 Å². The predicted octanol–water partition coefficient (Wildman–Crippen LogP) is 1.97. The van der Waals surface area contributed by atoms with Crippen molar-refractivity contribution in [2.75, 3.05) is 13.2 Å². The van der Waals surface area contributed by atoms with Crippen molar-refractivity contribution in [2.45, 2.75) is 38.2 Å². The average Bonchev–Trinajstić information content (AvgIpc) is 2.38. The largest absolute Gasteiger partial charge is 0.462 e. The average molecular weight is 340 g/mol. The highest BCUT2D eigenvalue weighted by atomic mass is 19.4. The summed E-state index contributed by atoms with van der Waals surface area (Å²) >= 11 is 0. The Bertz CT molecular complexity index is 389. The molecule has 0 aliphatic heterocycles. The van der Waals surface area contributed by atoms with Crippen LogP contribution < -0.4 is 0 Å². The molecule has 5 nitrogen and oxygen atoms in total. The molecular weight excluding hydrogens is 326 g/mol. The van der Waals surface area contributed by atoms with E-state index in [1.165, 1.54) is 6.92 Å². The minimum atomic E-state index is -6.31. The van der Waals surface area contributed by atoms with Crippen LogP contribution in [-0.4, -0.2) is 48.2 Å². The fourth-order valence-corrected chi connectivity index (χ4v) is 1.08. The summed E-state index contributed by atoms with van der Waals surface area (Å²) in [6.45, 7) is 1.34. The Morgan fingerprint density at radius 3 is 1.77 bits per heavy atom. The van der Waals surface area contributed by atoms with Gasteiger partial charge in [0.25, 0.3) is 0 Å². The van der Waals surface area contributed by atoms with Crippen molar-refractivity contribution < 1.29 is 50.5 Å². The Morgan fingerprint density at radius 1 is 1.00 bits per heavy atom. The van der Waals surface area contributed by atoms with Gasteiger partial charge in [-0.05, 0) is 6.42 Å². The Hall–Kier alpha value is -1.52. The zero-order valence-electron chi connectivity index (χ0n) is 11.5. The molecule has 0 fully saturated rings. The number of hydrogen-bond acceptors (Lipinski definition) is 5. The maximum absolute atomic E-state index is 12.3. The van der Waals surface area contributed by atoms with Crippen molar-refractivity contribution >= 4 is 11.9 Å². The molecule has 0 aliphatic rings. The van der Waals surface area contributed by atoms with E-state index in [1.54, 1.807) is 6.92 Å². The molecule has 1 N–H and O–H groups in total. The summed E-state index contributed by atoms with van der Waals surface area (Å²) in [5, 5.41) is 8.66. The molecule has 130 valence electrons. The standard InChI is InChI=1S/C11H14F6O5/c1-3-6(2)7(18)21-4-5-22-8(19)9(20,10(12,13)14)11(15,16)17/h6,20H,3-5H2,1-2H3. The number of alkyl halides is 6. The second-order valence-corrected chi connectivity index (χ2v) is 4.32. The van der Waals surface area contributed by atoms with E-state index in [0.29, 0.717) is 6.42 Å². The summed E-state index contributed by atoms with van der Waals surface area (Å²) in [7, 11) is 0. The van der Waals surface area contributed by atoms with E-state index in [9.17, 15) is 35.9 Å². The smallest absolute Gasteiger partial charge is 0.437 e. The SMILES string of the molecule is CCC(C)C(=O)OCCOC(=O)C(O)(C(F)(F)F)C(F)(F)F. The van der Waals surface area contributed by atoms with E-state index in [0.717, 1.165) is 0 Å². The van der Waals surface area contributed by atoms with Crippen molar-refractivity contribution in [2.24, 2.45) is 5.92 Å². The van der Waals surface area contributed by atoms with Gasteiger partial charge in [-0.25, -0.2) is 4.79 Å². The molecular formula is C11H14F6O5. The fourth-order valence-electron chi connectivity index (χ4n) is 1.08. The summed E-state index contributed by atoms with van der Waals surface area (Å²) in [5.41, 5.74) is -5.64. The van der Waals surface area contributed by atoms with E-state index in [-0.39, 0.29) is 0 Å². The van der Waals surface area contributed by atoms with E-state index in [1.807, 2.05) is 0 Å². The maximum Gasteiger partial charge on any atom is 0.437 e. The van der Waals surface area contributed by atoms with Crippen LogP contribution in [0.3, 0.4) is 0 Å². The van der Waals surface area contributed by atoms with Crippen molar-refractivity contribution in [3.8, 4) is 0 Å². The number of ether oxygens (including phenoxy) is 2. The van der Waals surface area contributed by atoms with Crippen LogP contribution in [0.5, 0.6) is 0 Å². The lowest BCUT2D eigenvalue weighted by atomic mass is 10.0. The monoisotopic (exact) mass is 340 g/mol. The third-order valence-corrected chi connectivity index (χ3v) is 2.69. The third-order valence-electron chi connectivity index (χ3n) is 2.69. The first-order chi connectivity index (χ1) is 9.79. The molecule has 0 aromatic rings. The van der Waals surface area contributed by atoms with Crippen LogP contribution in [0.25, 0.3) is 0 Å². The number of esters is 2. The lowest BCUT2D eigenvalue weighted by Gasteiger charge is -2.29. The lowest BCUT2D eigenvalue weighted by Crippen LogP contribution is -2.63. The first-order valence-corrected chi connectivity index (χ1v) is 5.98. The van der Waals surface area contributed by atoms with E-state index < -0.39 is 49.0 Å². The summed E-state index contributed by atoms with van der Waals surface area (Å²) in [5.74, 6) is -4.22. The number of rotatable bonds is 6. The number of carbonyl (C=O) groups excluding carboxylic acids is 2. The molecule has 0 saturated heterocycles. The number of aliphatic hydroxyl groups is 1. The highest BCUT2D eigenvalue weighted by molar-refractivity contribution is 5.81. The highest BCUT2D eigenvalue weighted by Crippen LogP contribution is 2.43. The Balaban J connectivity index is 4.67. The van der Waals surface area contributed by atoms with Gasteiger partial charge in [-0.15, -0.1) is 0 Å². The maximum atomic E-state index is 12.3. The molecule has 0 aromatic carbocycles. The van der Waals surface area contributed by atoms with Gasteiger partial charge >= 0.3 is 29.9 Å². The minimum absolute atomic E-state index is 0.403. The molecule has 0 radical (unpaired) electrons. The van der Waals surface area contributed by atoms with Crippen LogP contribution >= 0.6 is 0 Å². The first-order valence-electron chi connectivity index (χ1n) is 5.98. The van der Waals surface area contributed by atoms with Crippen LogP contribution in [0.1, 0.15) is 20.3 Å². The zero-order chi connectivity index (χ0) is 17.8. The summed E-state index contributed by atoms with van der Waals surface area (Å²) in [6, 6.07) is 0. The molecule has 0 amide bonds. The van der Waals surface area contributed by atoms with Crippen molar-refractivity contribution in [1.82, 2.24) is 0 Å². The zero-order valence-corrected chi connectivity index (χ0v) is 11.5. The molecule has 0 bridgehead atoms. The summed E-state index contributed by atoms with van der Waals surface area (Å²) in [6.07, 6.45) is -12.2. The Morgan fingerprint density at radius 2 is 1.41 bits per heavy atom. The van der Waals surface area contributed by atoms with Crippen LogP contribution in [0.15, 0.2) is 0 Å². The van der Waals surface area contributed by atoms with Gasteiger partial charge in [0.15, 0.2) is 0 Å². The number of halogens is 6. The van der Waals surface area contributed by atoms with Gasteiger partial charge in [0.05, 0.1) is 5.92 Å². The van der Waals surface area contributed by atoms with E-state index in [2.05, 4.69) is 9.47 Å². The molecule has 11 heteroatoms. The molecule has 1 atom stereocenters. The van der Waals surface area contributed by atoms with Gasteiger partial charge in [-0.3, -0.25) is 4.79 Å². The normalized spacial score (nSPS) is 14.4. The quantitative estimate of drug-likeness (QED) is 0.455. The molecule has 0 spiro atoms. The Labute approximate surface area is 121 Å². The minimum Gasteiger partial charge on any atom is -0.462 e. The highest BCUT2D eigenvalue weighted by Gasteiger charge is 2.76. The molecule has 0 rings (SSSR count). The van der Waals surface area contributed by atoms with Gasteiger partial charge < -0.3 is 14.6 Å². The van der Waals surface area contributed by atoms with Crippen LogP contribution in [0.4, 0.5) is 26.3 Å². The van der Waals surface area contributed by atoms with E-state index in [4.69, 9.17) is 5.11 Å². The molecule has 0 heterocycles. The second-order valence-electron chi connectivity index (χ2n) is 4.32. The number of carbonyl (C=O) groups is 2. The molecule has 22 heavy (non-hydrogen) atoms. The third kappa shape index (κ3) is 4.49. The molecule has 0 saturated carbocycles. The van der Waals surface area contributed by atoms with E-state index >= 15 is 0 Å². The summed E-state index contributed by atoms with van der Waals surface area (Å²) < 4.78 is 81.9. The summed E-state index contributed by atoms with van der Waals surface area (Å²) in [4.78, 5) is 22.1. The van der Waals surface area contributed by atoms with Crippen LogP contribution in [-0.2, 0) is 19.1 Å². The first kappa shape index (κ1) is 20.5. The van der Waals surface area contributed by atoms with Gasteiger partial charge in [-0.2, -0.15) is 26.3 Å². The molecule has 0 aliphatic carbocycles. The fraction of sp³-hybridized carbons (Fsp3) is 0.818. The second kappa shape index (κ2) is 7.16.